The number of hydrogen-bond donors (Lipinski definition) is 2. The monoisotopic (exact) mass is 333 g/mol. The van der Waals surface area contributed by atoms with Gasteiger partial charge in [0.15, 0.2) is 0 Å². The van der Waals surface area contributed by atoms with Crippen molar-refractivity contribution in [2.24, 2.45) is 0 Å². The Morgan fingerprint density at radius 2 is 1.96 bits per heavy atom. The lowest BCUT2D eigenvalue weighted by atomic mass is 9.97. The van der Waals surface area contributed by atoms with Crippen molar-refractivity contribution in [3.63, 3.8) is 0 Å². The van der Waals surface area contributed by atoms with Gasteiger partial charge in [-0.05, 0) is 59.5 Å². The number of ether oxygens (including phenoxy) is 1. The van der Waals surface area contributed by atoms with E-state index in [0.717, 1.165) is 25.9 Å². The Hall–Kier alpha value is -0.950. The smallest absolute Gasteiger partial charge is 0.407 e. The molecule has 0 saturated carbocycles. The summed E-state index contributed by atoms with van der Waals surface area (Å²) < 4.78 is 32.8. The Morgan fingerprint density at radius 3 is 2.65 bits per heavy atom. The normalized spacial score (nSPS) is 26.0. The van der Waals surface area contributed by atoms with Gasteiger partial charge in [-0.2, -0.15) is 0 Å². The molecule has 0 aromatic carbocycles. The van der Waals surface area contributed by atoms with E-state index in [2.05, 4.69) is 15.5 Å². The van der Waals surface area contributed by atoms with Crippen LogP contribution >= 0.6 is 0 Å². The first-order chi connectivity index (χ1) is 10.6. The molecule has 2 N–H and O–H groups in total. The molecule has 134 valence electrons. The number of rotatable bonds is 5. The van der Waals surface area contributed by atoms with Crippen LogP contribution in [0.15, 0.2) is 0 Å². The number of halogens is 2. The van der Waals surface area contributed by atoms with Crippen LogP contribution in [-0.4, -0.2) is 60.8 Å². The first-order valence-corrected chi connectivity index (χ1v) is 8.47. The Labute approximate surface area is 137 Å². The lowest BCUT2D eigenvalue weighted by Crippen LogP contribution is -2.50. The van der Waals surface area contributed by atoms with Gasteiger partial charge in [-0.15, -0.1) is 0 Å². The van der Waals surface area contributed by atoms with Crippen molar-refractivity contribution < 1.29 is 18.3 Å². The third-order valence-electron chi connectivity index (χ3n) is 4.36. The second-order valence-corrected chi connectivity index (χ2v) is 7.65. The van der Waals surface area contributed by atoms with E-state index in [1.165, 1.54) is 12.8 Å². The van der Waals surface area contributed by atoms with Gasteiger partial charge in [0.2, 0.25) is 0 Å². The molecule has 2 aliphatic rings. The van der Waals surface area contributed by atoms with Gasteiger partial charge in [0.1, 0.15) is 5.60 Å². The van der Waals surface area contributed by atoms with Gasteiger partial charge in [0, 0.05) is 12.1 Å². The van der Waals surface area contributed by atoms with Crippen molar-refractivity contribution in [3.8, 4) is 0 Å². The standard InChI is InChI=1S/C16H29F2N3O2/c1-15(2,3)23-14(22)20-11-16(17,18)10-19-12-6-8-21-7-4-5-13(21)9-12/h12-13,19H,4-11H2,1-3H3,(H,20,22). The zero-order valence-corrected chi connectivity index (χ0v) is 14.3. The summed E-state index contributed by atoms with van der Waals surface area (Å²) in [5.74, 6) is -2.98. The lowest BCUT2D eigenvalue weighted by molar-refractivity contribution is -0.00785. The number of fused-ring (bicyclic) bond motifs is 1. The van der Waals surface area contributed by atoms with Gasteiger partial charge in [0.05, 0.1) is 13.1 Å². The predicted molar refractivity (Wildman–Crippen MR) is 84.8 cm³/mol. The van der Waals surface area contributed by atoms with Crippen LogP contribution in [0.2, 0.25) is 0 Å². The molecule has 2 heterocycles. The molecule has 2 aliphatic heterocycles. The summed E-state index contributed by atoms with van der Waals surface area (Å²) in [6, 6.07) is 0.691. The van der Waals surface area contributed by atoms with E-state index in [4.69, 9.17) is 4.74 Å². The molecule has 1 amide bonds. The highest BCUT2D eigenvalue weighted by molar-refractivity contribution is 5.67. The van der Waals surface area contributed by atoms with Crippen LogP contribution in [0.1, 0.15) is 46.5 Å². The highest BCUT2D eigenvalue weighted by Crippen LogP contribution is 2.27. The van der Waals surface area contributed by atoms with Gasteiger partial charge < -0.3 is 20.3 Å². The number of amides is 1. The second-order valence-electron chi connectivity index (χ2n) is 7.65. The number of nitrogens with zero attached hydrogens (tertiary/aromatic N) is 1. The lowest BCUT2D eigenvalue weighted by Gasteiger charge is -2.35. The number of alkyl carbamates (subject to hydrolysis) is 1. The van der Waals surface area contributed by atoms with Crippen LogP contribution < -0.4 is 10.6 Å². The van der Waals surface area contributed by atoms with E-state index in [1.807, 2.05) is 0 Å². The van der Waals surface area contributed by atoms with Gasteiger partial charge in [-0.3, -0.25) is 0 Å². The SMILES string of the molecule is CC(C)(C)OC(=O)NCC(F)(F)CNC1CCN2CCCC2C1. The fourth-order valence-electron chi connectivity index (χ4n) is 3.28. The molecule has 2 saturated heterocycles. The number of piperidine rings is 1. The van der Waals surface area contributed by atoms with Crippen molar-refractivity contribution in [3.05, 3.63) is 0 Å². The third-order valence-corrected chi connectivity index (χ3v) is 4.36. The van der Waals surface area contributed by atoms with Crippen LogP contribution in [0.4, 0.5) is 13.6 Å². The maximum atomic E-state index is 13.9. The molecule has 2 atom stereocenters. The summed E-state index contributed by atoms with van der Waals surface area (Å²) in [5.41, 5.74) is -0.688. The molecule has 5 nitrogen and oxygen atoms in total. The molecule has 0 aliphatic carbocycles. The highest BCUT2D eigenvalue weighted by atomic mass is 19.3. The summed E-state index contributed by atoms with van der Waals surface area (Å²) in [6.45, 7) is 6.10. The van der Waals surface area contributed by atoms with E-state index in [0.29, 0.717) is 6.04 Å². The van der Waals surface area contributed by atoms with E-state index in [9.17, 15) is 13.6 Å². The van der Waals surface area contributed by atoms with E-state index in [1.54, 1.807) is 20.8 Å². The minimum absolute atomic E-state index is 0.141. The maximum Gasteiger partial charge on any atom is 0.407 e. The van der Waals surface area contributed by atoms with Crippen molar-refractivity contribution in [1.29, 1.82) is 0 Å². The highest BCUT2D eigenvalue weighted by Gasteiger charge is 2.35. The summed E-state index contributed by atoms with van der Waals surface area (Å²) in [5, 5.41) is 5.12. The van der Waals surface area contributed by atoms with Gasteiger partial charge in [-0.1, -0.05) is 0 Å². The average molecular weight is 333 g/mol. The molecule has 0 bridgehead atoms. The fraction of sp³-hybridized carbons (Fsp3) is 0.938. The summed E-state index contributed by atoms with van der Waals surface area (Å²) in [4.78, 5) is 13.9. The minimum Gasteiger partial charge on any atom is -0.444 e. The molecule has 0 aromatic heterocycles. The Morgan fingerprint density at radius 1 is 1.22 bits per heavy atom. The molecule has 0 radical (unpaired) electrons. The maximum absolute atomic E-state index is 13.9. The average Bonchev–Trinajstić information content (AvgIpc) is 2.89. The molecule has 2 fully saturated rings. The molecular weight excluding hydrogens is 304 g/mol. The van der Waals surface area contributed by atoms with E-state index in [-0.39, 0.29) is 6.04 Å². The van der Waals surface area contributed by atoms with Gasteiger partial charge in [-0.25, -0.2) is 13.6 Å². The van der Waals surface area contributed by atoms with Gasteiger partial charge in [0.25, 0.3) is 5.92 Å². The summed E-state index contributed by atoms with van der Waals surface area (Å²) in [6.07, 6.45) is 3.43. The first-order valence-electron chi connectivity index (χ1n) is 8.47. The molecule has 2 unspecified atom stereocenters. The molecule has 7 heteroatoms. The third kappa shape index (κ3) is 6.22. The van der Waals surface area contributed by atoms with Crippen LogP contribution in [0, 0.1) is 0 Å². The van der Waals surface area contributed by atoms with E-state index >= 15 is 0 Å². The van der Waals surface area contributed by atoms with Crippen LogP contribution in [0.5, 0.6) is 0 Å². The number of hydrogen-bond acceptors (Lipinski definition) is 4. The zero-order chi connectivity index (χ0) is 17.1. The quantitative estimate of drug-likeness (QED) is 0.811. The first kappa shape index (κ1) is 18.4. The molecule has 0 spiro atoms. The fourth-order valence-corrected chi connectivity index (χ4v) is 3.28. The minimum atomic E-state index is -2.98. The zero-order valence-electron chi connectivity index (χ0n) is 14.3. The van der Waals surface area contributed by atoms with Crippen molar-refractivity contribution in [1.82, 2.24) is 15.5 Å². The largest absolute Gasteiger partial charge is 0.444 e. The van der Waals surface area contributed by atoms with Crippen LogP contribution in [-0.2, 0) is 4.74 Å². The second kappa shape index (κ2) is 7.30. The number of nitrogens with one attached hydrogen (secondary N) is 2. The van der Waals surface area contributed by atoms with Crippen molar-refractivity contribution in [2.75, 3.05) is 26.2 Å². The molecule has 23 heavy (non-hydrogen) atoms. The molecule has 2 rings (SSSR count). The Balaban J connectivity index is 1.68. The summed E-state index contributed by atoms with van der Waals surface area (Å²) in [7, 11) is 0. The predicted octanol–water partition coefficient (Wildman–Crippen LogP) is 2.36. The topological polar surface area (TPSA) is 53.6 Å². The Bertz CT molecular complexity index is 413. The Kier molecular flexibility index (Phi) is 5.84. The van der Waals surface area contributed by atoms with Crippen LogP contribution in [0.3, 0.4) is 0 Å². The molecule has 0 aromatic rings. The van der Waals surface area contributed by atoms with Gasteiger partial charge >= 0.3 is 6.09 Å². The van der Waals surface area contributed by atoms with Crippen molar-refractivity contribution in [2.45, 2.75) is 70.1 Å². The van der Waals surface area contributed by atoms with E-state index < -0.39 is 30.7 Å². The molecular formula is C16H29F2N3O2. The number of carbonyl (C=O) groups excluding carboxylic acids is 1. The van der Waals surface area contributed by atoms with Crippen LogP contribution in [0.25, 0.3) is 0 Å². The number of alkyl halides is 2. The summed E-state index contributed by atoms with van der Waals surface area (Å²) >= 11 is 0. The van der Waals surface area contributed by atoms with Crippen molar-refractivity contribution >= 4 is 6.09 Å². The number of carbonyl (C=O) groups is 1.